The zero-order valence-corrected chi connectivity index (χ0v) is 14.9. The van der Waals surface area contributed by atoms with Gasteiger partial charge in [0.15, 0.2) is 0 Å². The minimum Gasteiger partial charge on any atom is -0.301 e. The average Bonchev–Trinajstić information content (AvgIpc) is 2.92. The van der Waals surface area contributed by atoms with Crippen molar-refractivity contribution in [2.75, 3.05) is 0 Å². The van der Waals surface area contributed by atoms with Crippen LogP contribution in [0, 0.1) is 6.92 Å². The van der Waals surface area contributed by atoms with Gasteiger partial charge in [0.1, 0.15) is 5.01 Å². The molecule has 2 aromatic rings. The number of hydrogen-bond acceptors (Lipinski definition) is 4. The van der Waals surface area contributed by atoms with E-state index in [4.69, 9.17) is 4.98 Å². The molecule has 19 heavy (non-hydrogen) atoms. The van der Waals surface area contributed by atoms with Crippen LogP contribution in [0.3, 0.4) is 0 Å². The second kappa shape index (κ2) is 6.48. The Morgan fingerprint density at radius 2 is 2.05 bits per heavy atom. The lowest BCUT2D eigenvalue weighted by atomic mass is 10.2. The summed E-state index contributed by atoms with van der Waals surface area (Å²) in [5, 5.41) is 4.81. The highest BCUT2D eigenvalue weighted by atomic mass is 79.9. The topological polar surface area (TPSA) is 24.9 Å². The molecular weight excluding hydrogens is 340 g/mol. The predicted octanol–water partition coefficient (Wildman–Crippen LogP) is 4.93. The van der Waals surface area contributed by atoms with Gasteiger partial charge in [-0.2, -0.15) is 0 Å². The standard InChI is InChI=1S/C14H19BrN2S2/c1-5-10-9(4)18-14(17-10)13(16-8(2)3)11-6-7-12(15)19-11/h6-8,13,16H,5H2,1-4H3. The van der Waals surface area contributed by atoms with Crippen LogP contribution in [0.5, 0.6) is 0 Å². The van der Waals surface area contributed by atoms with E-state index in [1.807, 2.05) is 11.3 Å². The third-order valence-electron chi connectivity index (χ3n) is 2.87. The monoisotopic (exact) mass is 358 g/mol. The van der Waals surface area contributed by atoms with Crippen LogP contribution in [-0.2, 0) is 6.42 Å². The maximum absolute atomic E-state index is 4.81. The molecule has 0 aliphatic rings. The van der Waals surface area contributed by atoms with E-state index in [-0.39, 0.29) is 6.04 Å². The molecule has 2 heterocycles. The molecule has 0 fully saturated rings. The molecule has 0 saturated carbocycles. The molecule has 0 aliphatic heterocycles. The van der Waals surface area contributed by atoms with Crippen molar-refractivity contribution >= 4 is 38.6 Å². The molecule has 2 nitrogen and oxygen atoms in total. The molecule has 0 bridgehead atoms. The molecule has 2 rings (SSSR count). The van der Waals surface area contributed by atoms with E-state index in [1.54, 1.807) is 11.3 Å². The van der Waals surface area contributed by atoms with Crippen molar-refractivity contribution in [1.82, 2.24) is 10.3 Å². The molecule has 104 valence electrons. The molecule has 0 aromatic carbocycles. The number of hydrogen-bond donors (Lipinski definition) is 1. The Bertz CT molecular complexity index is 545. The largest absolute Gasteiger partial charge is 0.301 e. The van der Waals surface area contributed by atoms with Crippen LogP contribution in [0.4, 0.5) is 0 Å². The molecule has 0 saturated heterocycles. The Labute approximate surface area is 131 Å². The molecule has 0 radical (unpaired) electrons. The van der Waals surface area contributed by atoms with Gasteiger partial charge in [-0.1, -0.05) is 6.92 Å². The third kappa shape index (κ3) is 3.66. The Kier molecular flexibility index (Phi) is 5.17. The summed E-state index contributed by atoms with van der Waals surface area (Å²) in [6.07, 6.45) is 1.00. The van der Waals surface area contributed by atoms with Crippen molar-refractivity contribution in [3.8, 4) is 0 Å². The number of nitrogens with one attached hydrogen (secondary N) is 1. The number of thiazole rings is 1. The van der Waals surface area contributed by atoms with Crippen molar-refractivity contribution in [2.24, 2.45) is 0 Å². The summed E-state index contributed by atoms with van der Waals surface area (Å²) in [4.78, 5) is 7.47. The van der Waals surface area contributed by atoms with E-state index in [0.29, 0.717) is 6.04 Å². The van der Waals surface area contributed by atoms with Gasteiger partial charge in [0.05, 0.1) is 15.5 Å². The first kappa shape index (κ1) is 15.2. The summed E-state index contributed by atoms with van der Waals surface area (Å²) in [7, 11) is 0. The number of aromatic nitrogens is 1. The fourth-order valence-corrected chi connectivity index (χ4v) is 4.65. The minimum absolute atomic E-state index is 0.209. The second-order valence-corrected chi connectivity index (χ2v) is 8.53. The second-order valence-electron chi connectivity index (χ2n) is 4.80. The lowest BCUT2D eigenvalue weighted by Crippen LogP contribution is -2.28. The Balaban J connectivity index is 2.36. The highest BCUT2D eigenvalue weighted by Gasteiger charge is 2.21. The van der Waals surface area contributed by atoms with Crippen molar-refractivity contribution in [1.29, 1.82) is 0 Å². The minimum atomic E-state index is 0.209. The summed E-state index contributed by atoms with van der Waals surface area (Å²) >= 11 is 7.13. The lowest BCUT2D eigenvalue weighted by molar-refractivity contribution is 0.531. The van der Waals surface area contributed by atoms with Gasteiger partial charge in [0.25, 0.3) is 0 Å². The molecule has 0 amide bonds. The van der Waals surface area contributed by atoms with Crippen LogP contribution in [-0.4, -0.2) is 11.0 Å². The van der Waals surface area contributed by atoms with E-state index in [2.05, 4.69) is 61.1 Å². The van der Waals surface area contributed by atoms with Crippen LogP contribution in [0.2, 0.25) is 0 Å². The van der Waals surface area contributed by atoms with Crippen molar-refractivity contribution in [2.45, 2.75) is 46.2 Å². The smallest absolute Gasteiger partial charge is 0.115 e. The molecule has 1 N–H and O–H groups in total. The van der Waals surface area contributed by atoms with Crippen LogP contribution < -0.4 is 5.32 Å². The summed E-state index contributed by atoms with van der Waals surface area (Å²) in [6, 6.07) is 4.92. The van der Waals surface area contributed by atoms with E-state index in [1.165, 1.54) is 24.2 Å². The molecule has 0 spiro atoms. The summed E-state index contributed by atoms with van der Waals surface area (Å²) in [6.45, 7) is 8.68. The van der Waals surface area contributed by atoms with E-state index in [9.17, 15) is 0 Å². The number of thiophene rings is 1. The Morgan fingerprint density at radius 3 is 2.53 bits per heavy atom. The van der Waals surface area contributed by atoms with Gasteiger partial charge in [-0.25, -0.2) is 4.98 Å². The van der Waals surface area contributed by atoms with Crippen molar-refractivity contribution < 1.29 is 0 Å². The first-order chi connectivity index (χ1) is 9.01. The maximum atomic E-state index is 4.81. The molecule has 1 atom stereocenters. The number of nitrogens with zero attached hydrogens (tertiary/aromatic N) is 1. The van der Waals surface area contributed by atoms with Gasteiger partial charge >= 0.3 is 0 Å². The SMILES string of the molecule is CCc1nc(C(NC(C)C)c2ccc(Br)s2)sc1C. The number of rotatable bonds is 5. The molecular formula is C14H19BrN2S2. The zero-order valence-electron chi connectivity index (χ0n) is 11.7. The Hall–Kier alpha value is -0.230. The molecule has 1 unspecified atom stereocenters. The van der Waals surface area contributed by atoms with Gasteiger partial charge in [0.2, 0.25) is 0 Å². The normalized spacial score (nSPS) is 13.2. The van der Waals surface area contributed by atoms with Crippen molar-refractivity contribution in [3.63, 3.8) is 0 Å². The van der Waals surface area contributed by atoms with Crippen LogP contribution >= 0.6 is 38.6 Å². The fourth-order valence-electron chi connectivity index (χ4n) is 1.99. The fraction of sp³-hybridized carbons (Fsp3) is 0.500. The highest BCUT2D eigenvalue weighted by molar-refractivity contribution is 9.11. The average molecular weight is 359 g/mol. The van der Waals surface area contributed by atoms with Gasteiger partial charge in [-0.05, 0) is 55.3 Å². The van der Waals surface area contributed by atoms with Gasteiger partial charge in [-0.15, -0.1) is 22.7 Å². The van der Waals surface area contributed by atoms with Gasteiger partial charge in [0, 0.05) is 15.8 Å². The summed E-state index contributed by atoms with van der Waals surface area (Å²) < 4.78 is 1.17. The van der Waals surface area contributed by atoms with E-state index < -0.39 is 0 Å². The lowest BCUT2D eigenvalue weighted by Gasteiger charge is -2.18. The maximum Gasteiger partial charge on any atom is 0.115 e. The summed E-state index contributed by atoms with van der Waals surface area (Å²) in [5.41, 5.74) is 1.23. The van der Waals surface area contributed by atoms with Crippen LogP contribution in [0.15, 0.2) is 15.9 Å². The first-order valence-corrected chi connectivity index (χ1v) is 8.91. The van der Waals surface area contributed by atoms with Crippen LogP contribution in [0.1, 0.15) is 47.3 Å². The number of aryl methyl sites for hydroxylation is 2. The van der Waals surface area contributed by atoms with E-state index in [0.717, 1.165) is 6.42 Å². The van der Waals surface area contributed by atoms with Gasteiger partial charge < -0.3 is 5.32 Å². The molecule has 5 heteroatoms. The third-order valence-corrected chi connectivity index (χ3v) is 5.64. The Morgan fingerprint density at radius 1 is 1.32 bits per heavy atom. The van der Waals surface area contributed by atoms with Gasteiger partial charge in [-0.3, -0.25) is 0 Å². The molecule has 0 aliphatic carbocycles. The van der Waals surface area contributed by atoms with Crippen LogP contribution in [0.25, 0.3) is 0 Å². The quantitative estimate of drug-likeness (QED) is 0.819. The zero-order chi connectivity index (χ0) is 14.0. The number of halogens is 1. The molecule has 2 aromatic heterocycles. The predicted molar refractivity (Wildman–Crippen MR) is 88.4 cm³/mol. The van der Waals surface area contributed by atoms with E-state index >= 15 is 0 Å². The summed E-state index contributed by atoms with van der Waals surface area (Å²) in [5.74, 6) is 0. The highest BCUT2D eigenvalue weighted by Crippen LogP contribution is 2.34. The van der Waals surface area contributed by atoms with Crippen molar-refractivity contribution in [3.05, 3.63) is 36.4 Å². The first-order valence-electron chi connectivity index (χ1n) is 6.48.